The Balaban J connectivity index is 2.05. The summed E-state index contributed by atoms with van der Waals surface area (Å²) in [6.07, 6.45) is 3.63. The number of benzene rings is 1. The molecular weight excluding hydrogens is 219 g/mol. The maximum absolute atomic E-state index is 13.3. The maximum atomic E-state index is 13.3. The first kappa shape index (κ1) is 11.1. The molecule has 17 heavy (non-hydrogen) atoms. The summed E-state index contributed by atoms with van der Waals surface area (Å²) in [5.74, 6) is -0.510. The fraction of sp³-hybridized carbons (Fsp3) is 0.167. The SMILES string of the molecule is Cn1cc(CNc2ccc(C#N)c(F)c2)cn1. The van der Waals surface area contributed by atoms with Crippen LogP contribution in [0.1, 0.15) is 11.1 Å². The second-order valence-corrected chi connectivity index (χ2v) is 3.68. The van der Waals surface area contributed by atoms with Crippen molar-refractivity contribution in [1.29, 1.82) is 5.26 Å². The van der Waals surface area contributed by atoms with Crippen LogP contribution >= 0.6 is 0 Å². The number of nitrogens with zero attached hydrogens (tertiary/aromatic N) is 3. The first-order chi connectivity index (χ1) is 8.19. The molecule has 0 fully saturated rings. The summed E-state index contributed by atoms with van der Waals surface area (Å²) in [7, 11) is 1.84. The molecule has 1 N–H and O–H groups in total. The fourth-order valence-electron chi connectivity index (χ4n) is 1.48. The molecule has 5 heteroatoms. The molecule has 0 saturated carbocycles. The number of anilines is 1. The summed E-state index contributed by atoms with van der Waals surface area (Å²) in [4.78, 5) is 0. The Morgan fingerprint density at radius 2 is 2.35 bits per heavy atom. The van der Waals surface area contributed by atoms with E-state index in [1.807, 2.05) is 13.2 Å². The van der Waals surface area contributed by atoms with Gasteiger partial charge in [0.05, 0.1) is 11.8 Å². The lowest BCUT2D eigenvalue weighted by Gasteiger charge is -2.05. The van der Waals surface area contributed by atoms with Gasteiger partial charge in [0.15, 0.2) is 0 Å². The molecule has 0 spiro atoms. The van der Waals surface area contributed by atoms with Gasteiger partial charge in [0.1, 0.15) is 11.9 Å². The lowest BCUT2D eigenvalue weighted by Crippen LogP contribution is -1.99. The number of aryl methyl sites for hydroxylation is 1. The Hall–Kier alpha value is -2.35. The van der Waals surface area contributed by atoms with E-state index in [4.69, 9.17) is 5.26 Å². The molecule has 2 rings (SSSR count). The summed E-state index contributed by atoms with van der Waals surface area (Å²) in [5.41, 5.74) is 1.71. The van der Waals surface area contributed by atoms with Gasteiger partial charge in [-0.1, -0.05) is 0 Å². The van der Waals surface area contributed by atoms with Crippen LogP contribution in [0.25, 0.3) is 0 Å². The first-order valence-corrected chi connectivity index (χ1v) is 5.10. The summed E-state index contributed by atoms with van der Waals surface area (Å²) in [5, 5.41) is 15.7. The third-order valence-electron chi connectivity index (χ3n) is 2.34. The summed E-state index contributed by atoms with van der Waals surface area (Å²) in [6, 6.07) is 6.24. The normalized spacial score (nSPS) is 9.94. The van der Waals surface area contributed by atoms with Gasteiger partial charge in [0.25, 0.3) is 0 Å². The Kier molecular flexibility index (Phi) is 3.06. The van der Waals surface area contributed by atoms with Crippen LogP contribution in [0.5, 0.6) is 0 Å². The zero-order valence-corrected chi connectivity index (χ0v) is 9.31. The standard InChI is InChI=1S/C12H11FN4/c1-17-8-9(7-16-17)6-15-11-3-2-10(5-14)12(13)4-11/h2-4,7-8,15H,6H2,1H3. The average molecular weight is 230 g/mol. The fourth-order valence-corrected chi connectivity index (χ4v) is 1.48. The Labute approximate surface area is 98.3 Å². The van der Waals surface area contributed by atoms with Gasteiger partial charge in [-0.05, 0) is 18.2 Å². The summed E-state index contributed by atoms with van der Waals surface area (Å²) < 4.78 is 15.0. The van der Waals surface area contributed by atoms with E-state index < -0.39 is 5.82 Å². The van der Waals surface area contributed by atoms with Gasteiger partial charge in [-0.15, -0.1) is 0 Å². The van der Waals surface area contributed by atoms with E-state index in [9.17, 15) is 4.39 Å². The molecule has 1 aromatic heterocycles. The largest absolute Gasteiger partial charge is 0.381 e. The van der Waals surface area contributed by atoms with Crippen LogP contribution in [0.2, 0.25) is 0 Å². The zero-order chi connectivity index (χ0) is 12.3. The van der Waals surface area contributed by atoms with E-state index in [1.54, 1.807) is 23.0 Å². The van der Waals surface area contributed by atoms with Gasteiger partial charge in [-0.3, -0.25) is 4.68 Å². The minimum absolute atomic E-state index is 0.0527. The third-order valence-corrected chi connectivity index (χ3v) is 2.34. The molecule has 1 aromatic carbocycles. The topological polar surface area (TPSA) is 53.6 Å². The van der Waals surface area contributed by atoms with Gasteiger partial charge in [-0.25, -0.2) is 4.39 Å². The number of nitrogens with one attached hydrogen (secondary N) is 1. The highest BCUT2D eigenvalue weighted by Crippen LogP contribution is 2.14. The van der Waals surface area contributed by atoms with Crippen LogP contribution in [-0.4, -0.2) is 9.78 Å². The number of hydrogen-bond acceptors (Lipinski definition) is 3. The molecular formula is C12H11FN4. The second-order valence-electron chi connectivity index (χ2n) is 3.68. The molecule has 0 amide bonds. The van der Waals surface area contributed by atoms with Crippen LogP contribution in [0.15, 0.2) is 30.6 Å². The maximum Gasteiger partial charge on any atom is 0.143 e. The van der Waals surface area contributed by atoms with Crippen molar-refractivity contribution in [2.24, 2.45) is 7.05 Å². The lowest BCUT2D eigenvalue weighted by atomic mass is 10.2. The summed E-state index contributed by atoms with van der Waals surface area (Å²) in [6.45, 7) is 0.569. The van der Waals surface area contributed by atoms with Crippen LogP contribution in [-0.2, 0) is 13.6 Å². The van der Waals surface area contributed by atoms with E-state index in [2.05, 4.69) is 10.4 Å². The molecule has 1 heterocycles. The highest BCUT2D eigenvalue weighted by molar-refractivity contribution is 5.48. The first-order valence-electron chi connectivity index (χ1n) is 5.10. The minimum Gasteiger partial charge on any atom is -0.381 e. The van der Waals surface area contributed by atoms with Gasteiger partial charge in [-0.2, -0.15) is 10.4 Å². The van der Waals surface area contributed by atoms with E-state index in [-0.39, 0.29) is 5.56 Å². The van der Waals surface area contributed by atoms with Gasteiger partial charge < -0.3 is 5.32 Å². The Morgan fingerprint density at radius 3 is 2.94 bits per heavy atom. The molecule has 0 bridgehead atoms. The molecule has 0 unspecified atom stereocenters. The Morgan fingerprint density at radius 1 is 1.53 bits per heavy atom. The van der Waals surface area contributed by atoms with E-state index >= 15 is 0 Å². The van der Waals surface area contributed by atoms with Crippen molar-refractivity contribution in [1.82, 2.24) is 9.78 Å². The molecule has 0 aliphatic rings. The number of nitriles is 1. The van der Waals surface area contributed by atoms with Crippen LogP contribution < -0.4 is 5.32 Å². The predicted molar refractivity (Wildman–Crippen MR) is 61.6 cm³/mol. The smallest absolute Gasteiger partial charge is 0.143 e. The summed E-state index contributed by atoms with van der Waals surface area (Å²) >= 11 is 0. The quantitative estimate of drug-likeness (QED) is 0.877. The van der Waals surface area contributed by atoms with E-state index in [0.29, 0.717) is 12.2 Å². The zero-order valence-electron chi connectivity index (χ0n) is 9.31. The van der Waals surface area contributed by atoms with Crippen molar-refractivity contribution in [3.63, 3.8) is 0 Å². The van der Waals surface area contributed by atoms with E-state index in [0.717, 1.165) is 5.56 Å². The van der Waals surface area contributed by atoms with E-state index in [1.165, 1.54) is 12.1 Å². The van der Waals surface area contributed by atoms with Crippen molar-refractivity contribution in [3.8, 4) is 6.07 Å². The predicted octanol–water partition coefficient (Wildman–Crippen LogP) is 2.04. The van der Waals surface area contributed by atoms with Crippen molar-refractivity contribution >= 4 is 5.69 Å². The van der Waals surface area contributed by atoms with Crippen molar-refractivity contribution in [3.05, 3.63) is 47.5 Å². The Bertz CT molecular complexity index is 568. The number of aromatic nitrogens is 2. The number of halogens is 1. The molecule has 4 nitrogen and oxygen atoms in total. The minimum atomic E-state index is -0.510. The molecule has 0 atom stereocenters. The molecule has 86 valence electrons. The molecule has 0 aliphatic heterocycles. The average Bonchev–Trinajstić information content (AvgIpc) is 2.73. The second kappa shape index (κ2) is 4.66. The number of rotatable bonds is 3. The molecule has 0 saturated heterocycles. The lowest BCUT2D eigenvalue weighted by molar-refractivity contribution is 0.624. The highest BCUT2D eigenvalue weighted by atomic mass is 19.1. The van der Waals surface area contributed by atoms with Crippen LogP contribution in [0.4, 0.5) is 10.1 Å². The van der Waals surface area contributed by atoms with Gasteiger partial charge >= 0.3 is 0 Å². The monoisotopic (exact) mass is 230 g/mol. The van der Waals surface area contributed by atoms with Gasteiger partial charge in [0, 0.05) is 31.0 Å². The van der Waals surface area contributed by atoms with Crippen LogP contribution in [0.3, 0.4) is 0 Å². The van der Waals surface area contributed by atoms with Gasteiger partial charge in [0.2, 0.25) is 0 Å². The molecule has 2 aromatic rings. The van der Waals surface area contributed by atoms with Crippen molar-refractivity contribution in [2.75, 3.05) is 5.32 Å². The van der Waals surface area contributed by atoms with Crippen molar-refractivity contribution in [2.45, 2.75) is 6.54 Å². The number of hydrogen-bond donors (Lipinski definition) is 1. The molecule has 0 aliphatic carbocycles. The highest BCUT2D eigenvalue weighted by Gasteiger charge is 2.02. The molecule has 0 radical (unpaired) electrons. The van der Waals surface area contributed by atoms with Crippen molar-refractivity contribution < 1.29 is 4.39 Å². The van der Waals surface area contributed by atoms with Crippen LogP contribution in [0, 0.1) is 17.1 Å². The third kappa shape index (κ3) is 2.61.